The van der Waals surface area contributed by atoms with Crippen molar-refractivity contribution < 1.29 is 0 Å². The van der Waals surface area contributed by atoms with Crippen LogP contribution in [0.4, 0.5) is 0 Å². The van der Waals surface area contributed by atoms with Gasteiger partial charge in [-0.3, -0.25) is 0 Å². The van der Waals surface area contributed by atoms with Crippen LogP contribution >= 0.6 is 0 Å². The fraction of sp³-hybridized carbons (Fsp3) is 0.400. The molecule has 2 aliphatic heterocycles. The molecule has 0 radical (unpaired) electrons. The zero-order chi connectivity index (χ0) is 3.98. The van der Waals surface area contributed by atoms with Gasteiger partial charge in [0.2, 0.25) is 0 Å². The number of fused-ring (bicyclic) bond motifs is 1. The third kappa shape index (κ3) is 0.226. The maximum atomic E-state index is 3.31. The maximum Gasteiger partial charge on any atom is -0.0445 e. The topological polar surface area (TPSA) is 0 Å². The van der Waals surface area contributed by atoms with Crippen molar-refractivity contribution in [1.29, 1.82) is 0 Å². The molecule has 0 aromatic rings. The Kier molecular flexibility index (Phi) is 0.368. The summed E-state index contributed by atoms with van der Waals surface area (Å²) in [6.45, 7) is 0. The zero-order valence-electron chi connectivity index (χ0n) is 3.35. The molecule has 0 saturated carbocycles. The average Bonchev–Trinajstić information content (AvgIpc) is 2.17. The number of hydrogen-bond donors (Lipinski definition) is 0. The first-order valence-electron chi connectivity index (χ1n) is 2.11. The van der Waals surface area contributed by atoms with Gasteiger partial charge in [-0.2, -0.15) is 5.41 Å². The first kappa shape index (κ1) is 2.95. The molecule has 2 heterocycles. The molecule has 0 aliphatic carbocycles. The van der Waals surface area contributed by atoms with Crippen LogP contribution in [0.1, 0.15) is 6.42 Å². The zero-order valence-corrected chi connectivity index (χ0v) is 4.16. The van der Waals surface area contributed by atoms with E-state index in [9.17, 15) is 0 Å². The Hall–Kier alpha value is -0.130. The Morgan fingerprint density at radius 3 is 3.00 bits per heavy atom. The van der Waals surface area contributed by atoms with Crippen LogP contribution in [-0.4, -0.2) is 5.25 Å². The van der Waals surface area contributed by atoms with Crippen LogP contribution < -0.4 is 0 Å². The van der Waals surface area contributed by atoms with Gasteiger partial charge in [0, 0.05) is 0 Å². The van der Waals surface area contributed by atoms with Crippen molar-refractivity contribution in [2.75, 3.05) is 0 Å². The molecule has 0 amide bonds. The van der Waals surface area contributed by atoms with Crippen molar-refractivity contribution in [2.24, 2.45) is 0 Å². The van der Waals surface area contributed by atoms with E-state index in [2.05, 4.69) is 16.7 Å². The average molecular weight is 97.2 g/mol. The van der Waals surface area contributed by atoms with E-state index in [-0.39, 0.29) is 0 Å². The van der Waals surface area contributed by atoms with Crippen LogP contribution in [0.5, 0.6) is 0 Å². The molecule has 0 N–H and O–H groups in total. The molecule has 0 aromatic heterocycles. The maximum absolute atomic E-state index is 3.31. The fourth-order valence-electron chi connectivity index (χ4n) is 0.693. The van der Waals surface area contributed by atoms with Gasteiger partial charge in [0.05, 0.1) is 0 Å². The first-order valence-corrected chi connectivity index (χ1v) is 3.47. The minimum atomic E-state index is 0.563. The van der Waals surface area contributed by atoms with E-state index in [4.69, 9.17) is 0 Å². The van der Waals surface area contributed by atoms with Gasteiger partial charge in [-0.15, -0.1) is 6.08 Å². The first-order chi connectivity index (χ1) is 2.97. The highest BCUT2D eigenvalue weighted by Crippen LogP contribution is 2.21. The summed E-state index contributed by atoms with van der Waals surface area (Å²) in [5, 5.41) is 6.46. The SMILES string of the molecule is C1#[S-]2C=CCC12. The highest BCUT2D eigenvalue weighted by atomic mass is 32.2. The van der Waals surface area contributed by atoms with E-state index in [0.717, 1.165) is 5.25 Å². The van der Waals surface area contributed by atoms with Gasteiger partial charge in [0.1, 0.15) is 0 Å². The molecule has 32 valence electrons. The molecular formula is C5H5S-. The molecule has 1 heteroatoms. The lowest BCUT2D eigenvalue weighted by atomic mass is 10.3. The summed E-state index contributed by atoms with van der Waals surface area (Å²) >= 11 is 0. The van der Waals surface area contributed by atoms with Crippen LogP contribution in [0.3, 0.4) is 0 Å². The molecule has 0 spiro atoms. The van der Waals surface area contributed by atoms with Gasteiger partial charge in [0.25, 0.3) is 0 Å². The third-order valence-corrected chi connectivity index (χ3v) is 2.82. The van der Waals surface area contributed by atoms with Crippen molar-refractivity contribution in [3.8, 4) is 5.18 Å². The number of rotatable bonds is 0. The molecule has 2 rings (SSSR count). The van der Waals surface area contributed by atoms with Crippen molar-refractivity contribution in [2.45, 2.75) is 11.7 Å². The second kappa shape index (κ2) is 0.749. The molecule has 0 bridgehead atoms. The van der Waals surface area contributed by atoms with Crippen LogP contribution in [0.25, 0.3) is 0 Å². The van der Waals surface area contributed by atoms with Gasteiger partial charge >= 0.3 is 0 Å². The van der Waals surface area contributed by atoms with E-state index in [0.29, 0.717) is 10.3 Å². The van der Waals surface area contributed by atoms with Crippen molar-refractivity contribution in [3.63, 3.8) is 0 Å². The lowest BCUT2D eigenvalue weighted by Crippen LogP contribution is -1.79. The van der Waals surface area contributed by atoms with E-state index in [1.165, 1.54) is 6.42 Å². The predicted molar refractivity (Wildman–Crippen MR) is 28.8 cm³/mol. The summed E-state index contributed by atoms with van der Waals surface area (Å²) in [4.78, 5) is 0. The molecule has 0 fully saturated rings. The van der Waals surface area contributed by atoms with E-state index < -0.39 is 0 Å². The van der Waals surface area contributed by atoms with E-state index >= 15 is 0 Å². The van der Waals surface area contributed by atoms with Gasteiger partial charge in [-0.05, 0) is 6.42 Å². The smallest absolute Gasteiger partial charge is 0.0445 e. The van der Waals surface area contributed by atoms with Crippen LogP contribution in [0.2, 0.25) is 0 Å². The fourth-order valence-corrected chi connectivity index (χ4v) is 2.11. The molecule has 0 saturated heterocycles. The second-order valence-corrected chi connectivity index (χ2v) is 3.41. The number of hydrogen-bond acceptors (Lipinski definition) is 1. The summed E-state index contributed by atoms with van der Waals surface area (Å²) in [6.07, 6.45) is 3.54. The number of allylic oxidation sites excluding steroid dienone is 1. The predicted octanol–water partition coefficient (Wildman–Crippen LogP) is 0.863. The van der Waals surface area contributed by atoms with Crippen molar-refractivity contribution >= 4 is 10.3 Å². The van der Waals surface area contributed by atoms with E-state index in [1.54, 1.807) is 0 Å². The lowest BCUT2D eigenvalue weighted by molar-refractivity contribution is 1.16. The molecule has 1 atom stereocenters. The summed E-state index contributed by atoms with van der Waals surface area (Å²) in [6, 6.07) is 0. The highest BCUT2D eigenvalue weighted by molar-refractivity contribution is 7.95. The minimum Gasteiger partial charge on any atom is -0.423 e. The summed E-state index contributed by atoms with van der Waals surface area (Å²) in [7, 11) is 0.563. The van der Waals surface area contributed by atoms with Crippen molar-refractivity contribution in [1.82, 2.24) is 0 Å². The molecule has 2 aliphatic rings. The van der Waals surface area contributed by atoms with Crippen LogP contribution in [0, 0.1) is 5.18 Å². The van der Waals surface area contributed by atoms with Gasteiger partial charge < -0.3 is 15.5 Å². The molecule has 6 heavy (non-hydrogen) atoms. The minimum absolute atomic E-state index is 0.563. The standard InChI is InChI=1S/C5H5S/c1-2-5-4-6(5)3-1/h1,3,5H,2H2/q-1. The normalized spacial score (nSPS) is 37.7. The molecule has 1 unspecified atom stereocenters. The molecular weight excluding hydrogens is 92.1 g/mol. The summed E-state index contributed by atoms with van der Waals surface area (Å²) < 4.78 is 0. The Balaban J connectivity index is 2.48. The summed E-state index contributed by atoms with van der Waals surface area (Å²) in [5.74, 6) is 0. The second-order valence-electron chi connectivity index (χ2n) is 1.59. The lowest BCUT2D eigenvalue weighted by Gasteiger charge is -1.89. The largest absolute Gasteiger partial charge is 0.423 e. The highest BCUT2D eigenvalue weighted by Gasteiger charge is 2.03. The Bertz CT molecular complexity index is 177. The van der Waals surface area contributed by atoms with Gasteiger partial charge in [-0.25, -0.2) is 0 Å². The Labute approximate surface area is 39.4 Å². The van der Waals surface area contributed by atoms with Crippen molar-refractivity contribution in [3.05, 3.63) is 11.5 Å². The Morgan fingerprint density at radius 1 is 1.83 bits per heavy atom. The summed E-state index contributed by atoms with van der Waals surface area (Å²) in [5.41, 5.74) is 0. The third-order valence-electron chi connectivity index (χ3n) is 1.11. The monoisotopic (exact) mass is 97.0 g/mol. The van der Waals surface area contributed by atoms with Crippen LogP contribution in [-0.2, 0) is 10.3 Å². The molecule has 0 aromatic carbocycles. The van der Waals surface area contributed by atoms with Crippen LogP contribution in [0.15, 0.2) is 11.5 Å². The quantitative estimate of drug-likeness (QED) is 0.393. The molecule has 0 nitrogen and oxygen atoms in total. The van der Waals surface area contributed by atoms with E-state index in [1.807, 2.05) is 0 Å². The van der Waals surface area contributed by atoms with Gasteiger partial charge in [0.15, 0.2) is 0 Å². The Morgan fingerprint density at radius 2 is 2.83 bits per heavy atom. The van der Waals surface area contributed by atoms with Gasteiger partial charge in [-0.1, -0.05) is 5.25 Å².